The van der Waals surface area contributed by atoms with Crippen LogP contribution in [-0.4, -0.2) is 0 Å². The van der Waals surface area contributed by atoms with Crippen molar-refractivity contribution in [2.45, 2.75) is 58.8 Å². The van der Waals surface area contributed by atoms with E-state index < -0.39 is 0 Å². The van der Waals surface area contributed by atoms with E-state index in [1.165, 1.54) is 66.1 Å². The fourth-order valence-electron chi connectivity index (χ4n) is 6.96. The third-order valence-corrected chi connectivity index (χ3v) is 8.83. The maximum absolute atomic E-state index is 2.52. The van der Waals surface area contributed by atoms with E-state index in [4.69, 9.17) is 0 Å². The maximum Gasteiger partial charge on any atom is 4.00 e. The van der Waals surface area contributed by atoms with Gasteiger partial charge in [0.2, 0.25) is 0 Å². The predicted octanol–water partition coefficient (Wildman–Crippen LogP) is 12.2. The van der Waals surface area contributed by atoms with Gasteiger partial charge < -0.3 is 14.9 Å². The molecule has 0 nitrogen and oxygen atoms in total. The van der Waals surface area contributed by atoms with E-state index in [0.29, 0.717) is 0 Å². The molecule has 212 valence electrons. The molecule has 0 N–H and O–H groups in total. The van der Waals surface area contributed by atoms with Gasteiger partial charge in [-0.05, 0) is 54.4 Å². The molecule has 0 bridgehead atoms. The molecule has 0 saturated heterocycles. The zero-order valence-corrected chi connectivity index (χ0v) is 29.8. The first-order chi connectivity index (χ1) is 19.1. The second kappa shape index (κ2) is 14.0. The number of aryl methyl sites for hydroxylation is 2. The average molecular weight is 715 g/mol. The van der Waals surface area contributed by atoms with Gasteiger partial charge in [0.25, 0.3) is 0 Å². The first kappa shape index (κ1) is 33.5. The number of fused-ring (bicyclic) bond motifs is 2. The summed E-state index contributed by atoms with van der Waals surface area (Å²) in [6.45, 7) is 9.12. The molecule has 0 amide bonds. The molecule has 0 atom stereocenters. The minimum absolute atomic E-state index is 0. The standard InChI is InChI=1S/C39H38.2CH3.Hf/c1-5-21-39(22-6-2,31-23-29-15-11-19-35(37(29)25-31)33-17-9-7-13-27(33)3)32-24-30-16-12-20-36(38(30)26-32)34-18-10-8-14-28(34)4;;;/h7-20,23-26H,5-6,21-22H2,1-4H3;2*1H3;/q-2;2*-1;+4. The SMILES string of the molecule is CCCC(CCC)(c1cc2c(-c3ccccc3C)cccc2[cH-]1)c1cc2c(-c3ccccc3C)cccc2[cH-]1.[CH3-].[CH3-].[Hf+4]. The Bertz CT molecular complexity index is 1630. The summed E-state index contributed by atoms with van der Waals surface area (Å²) in [4.78, 5) is 0. The van der Waals surface area contributed by atoms with E-state index in [9.17, 15) is 0 Å². The zero-order valence-electron chi connectivity index (χ0n) is 26.2. The Kier molecular flexibility index (Phi) is 11.1. The molecule has 0 aliphatic carbocycles. The van der Waals surface area contributed by atoms with Crippen LogP contribution in [0.4, 0.5) is 0 Å². The van der Waals surface area contributed by atoms with Crippen LogP contribution in [0.15, 0.2) is 109 Å². The van der Waals surface area contributed by atoms with Gasteiger partial charge in [-0.15, -0.1) is 69.1 Å². The molecule has 6 aromatic rings. The Labute approximate surface area is 273 Å². The first-order valence-electron chi connectivity index (χ1n) is 14.6. The Hall–Kier alpha value is -3.03. The summed E-state index contributed by atoms with van der Waals surface area (Å²) in [5, 5.41) is 5.43. The summed E-state index contributed by atoms with van der Waals surface area (Å²) in [7, 11) is 0. The Morgan fingerprint density at radius 1 is 0.524 bits per heavy atom. The van der Waals surface area contributed by atoms with Crippen molar-refractivity contribution >= 4 is 21.5 Å². The van der Waals surface area contributed by atoms with Crippen molar-refractivity contribution in [1.29, 1.82) is 0 Å². The quantitative estimate of drug-likeness (QED) is 0.109. The summed E-state index contributed by atoms with van der Waals surface area (Å²) in [6.07, 6.45) is 4.59. The molecule has 0 heterocycles. The van der Waals surface area contributed by atoms with Crippen LogP contribution in [0.5, 0.6) is 0 Å². The minimum atomic E-state index is -0.00640. The molecule has 0 aliphatic rings. The molecule has 0 saturated carbocycles. The van der Waals surface area contributed by atoms with Crippen molar-refractivity contribution in [1.82, 2.24) is 0 Å². The van der Waals surface area contributed by atoms with Crippen molar-refractivity contribution in [3.63, 3.8) is 0 Å². The van der Waals surface area contributed by atoms with Crippen LogP contribution < -0.4 is 0 Å². The molecule has 0 spiro atoms. The van der Waals surface area contributed by atoms with Crippen LogP contribution in [0.1, 0.15) is 61.8 Å². The van der Waals surface area contributed by atoms with E-state index in [1.807, 2.05) is 0 Å². The molecule has 6 aromatic carbocycles. The van der Waals surface area contributed by atoms with Gasteiger partial charge in [0, 0.05) is 0 Å². The van der Waals surface area contributed by atoms with E-state index in [0.717, 1.165) is 25.7 Å². The average Bonchev–Trinajstić information content (AvgIpc) is 3.59. The normalized spacial score (nSPS) is 11.1. The molecule has 0 aliphatic heterocycles. The zero-order chi connectivity index (χ0) is 27.0. The van der Waals surface area contributed by atoms with Gasteiger partial charge in [0.05, 0.1) is 0 Å². The molecule has 0 aromatic heterocycles. The maximum atomic E-state index is 2.52. The minimum Gasteiger partial charge on any atom is -0.358 e. The second-order valence-electron chi connectivity index (χ2n) is 11.3. The number of rotatable bonds is 8. The Balaban J connectivity index is 0.00000161. The summed E-state index contributed by atoms with van der Waals surface area (Å²) in [5.41, 5.74) is 10.9. The fraction of sp³-hybridized carbons (Fsp3) is 0.220. The summed E-state index contributed by atoms with van der Waals surface area (Å²) < 4.78 is 0. The molecule has 0 unspecified atom stereocenters. The van der Waals surface area contributed by atoms with Gasteiger partial charge in [-0.1, -0.05) is 98.5 Å². The van der Waals surface area contributed by atoms with Gasteiger partial charge >= 0.3 is 25.8 Å². The monoisotopic (exact) mass is 716 g/mol. The third kappa shape index (κ3) is 5.78. The van der Waals surface area contributed by atoms with E-state index in [-0.39, 0.29) is 46.1 Å². The molecule has 1 heteroatoms. The third-order valence-electron chi connectivity index (χ3n) is 8.83. The Morgan fingerprint density at radius 2 is 0.905 bits per heavy atom. The molecule has 0 radical (unpaired) electrons. The van der Waals surface area contributed by atoms with Gasteiger partial charge in [0.15, 0.2) is 0 Å². The van der Waals surface area contributed by atoms with Crippen molar-refractivity contribution in [3.8, 4) is 22.3 Å². The molecule has 42 heavy (non-hydrogen) atoms. The van der Waals surface area contributed by atoms with Crippen molar-refractivity contribution in [3.05, 3.63) is 146 Å². The van der Waals surface area contributed by atoms with Crippen molar-refractivity contribution in [2.75, 3.05) is 0 Å². The predicted molar refractivity (Wildman–Crippen MR) is 183 cm³/mol. The van der Waals surface area contributed by atoms with Crippen LogP contribution in [0.3, 0.4) is 0 Å². The molecule has 6 rings (SSSR count). The summed E-state index contributed by atoms with van der Waals surface area (Å²) in [5.74, 6) is 0. The van der Waals surface area contributed by atoms with Crippen LogP contribution in [-0.2, 0) is 31.3 Å². The van der Waals surface area contributed by atoms with Gasteiger partial charge in [-0.25, -0.2) is 0 Å². The van der Waals surface area contributed by atoms with Crippen LogP contribution in [0, 0.1) is 28.7 Å². The second-order valence-corrected chi connectivity index (χ2v) is 11.3. The summed E-state index contributed by atoms with van der Waals surface area (Å²) >= 11 is 0. The molecular formula is C41H44Hf. The van der Waals surface area contributed by atoms with Crippen LogP contribution in [0.2, 0.25) is 0 Å². The van der Waals surface area contributed by atoms with Crippen LogP contribution in [0.25, 0.3) is 43.8 Å². The number of hydrogen-bond donors (Lipinski definition) is 0. The summed E-state index contributed by atoms with van der Waals surface area (Å²) in [6, 6.07) is 41.2. The molecule has 0 fully saturated rings. The van der Waals surface area contributed by atoms with E-state index in [2.05, 4.69) is 137 Å². The van der Waals surface area contributed by atoms with E-state index >= 15 is 0 Å². The van der Waals surface area contributed by atoms with Gasteiger partial charge in [-0.2, -0.15) is 12.1 Å². The Morgan fingerprint density at radius 3 is 1.29 bits per heavy atom. The van der Waals surface area contributed by atoms with Crippen molar-refractivity contribution in [2.24, 2.45) is 0 Å². The van der Waals surface area contributed by atoms with Crippen molar-refractivity contribution < 1.29 is 25.8 Å². The van der Waals surface area contributed by atoms with Gasteiger partial charge in [-0.3, -0.25) is 0 Å². The first-order valence-corrected chi connectivity index (χ1v) is 14.6. The largest absolute Gasteiger partial charge is 4.00 e. The number of benzene rings is 4. The van der Waals surface area contributed by atoms with E-state index in [1.54, 1.807) is 0 Å². The topological polar surface area (TPSA) is 0 Å². The molecular weight excluding hydrogens is 671 g/mol. The van der Waals surface area contributed by atoms with Crippen LogP contribution >= 0.6 is 0 Å². The smallest absolute Gasteiger partial charge is 0.358 e. The number of hydrogen-bond acceptors (Lipinski definition) is 0. The fourth-order valence-corrected chi connectivity index (χ4v) is 6.96. The van der Waals surface area contributed by atoms with Gasteiger partial charge in [0.1, 0.15) is 0 Å².